The van der Waals surface area contributed by atoms with Crippen molar-refractivity contribution in [2.24, 2.45) is 0 Å². The Morgan fingerprint density at radius 2 is 1.77 bits per heavy atom. The van der Waals surface area contributed by atoms with Gasteiger partial charge in [-0.1, -0.05) is 12.1 Å². The fourth-order valence-corrected chi connectivity index (χ4v) is 2.65. The van der Waals surface area contributed by atoms with Crippen LogP contribution in [0.4, 0.5) is 10.2 Å². The number of aromatic nitrogens is 2. The van der Waals surface area contributed by atoms with E-state index in [1.807, 2.05) is 13.8 Å². The van der Waals surface area contributed by atoms with Crippen LogP contribution in [-0.4, -0.2) is 28.8 Å². The van der Waals surface area contributed by atoms with Crippen molar-refractivity contribution in [2.45, 2.75) is 26.7 Å². The van der Waals surface area contributed by atoms with Crippen molar-refractivity contribution < 1.29 is 9.18 Å². The summed E-state index contributed by atoms with van der Waals surface area (Å²) >= 11 is 0. The first-order chi connectivity index (χ1) is 10.6. The summed E-state index contributed by atoms with van der Waals surface area (Å²) < 4.78 is 14.0. The van der Waals surface area contributed by atoms with E-state index < -0.39 is 0 Å². The van der Waals surface area contributed by atoms with Crippen molar-refractivity contribution in [1.29, 1.82) is 0 Å². The largest absolute Gasteiger partial charge is 0.355 e. The first kappa shape index (κ1) is 14.6. The van der Waals surface area contributed by atoms with Crippen LogP contribution in [0.5, 0.6) is 0 Å². The number of piperidine rings is 1. The zero-order chi connectivity index (χ0) is 15.7. The molecule has 0 N–H and O–H groups in total. The van der Waals surface area contributed by atoms with Gasteiger partial charge in [0.15, 0.2) is 5.82 Å². The average molecular weight is 299 g/mol. The molecule has 114 valence electrons. The minimum absolute atomic E-state index is 0.286. The number of rotatable bonds is 2. The molecule has 1 saturated heterocycles. The van der Waals surface area contributed by atoms with Gasteiger partial charge in [-0.3, -0.25) is 4.79 Å². The lowest BCUT2D eigenvalue weighted by molar-refractivity contribution is -0.119. The van der Waals surface area contributed by atoms with E-state index in [4.69, 9.17) is 0 Å². The lowest BCUT2D eigenvalue weighted by Gasteiger charge is -2.29. The maximum atomic E-state index is 14.0. The smallest absolute Gasteiger partial charge is 0.164 e. The molecule has 1 aliphatic heterocycles. The number of hydrogen-bond acceptors (Lipinski definition) is 4. The van der Waals surface area contributed by atoms with Crippen molar-refractivity contribution in [2.75, 3.05) is 18.0 Å². The number of anilines is 1. The first-order valence-electron chi connectivity index (χ1n) is 7.43. The van der Waals surface area contributed by atoms with Gasteiger partial charge in [0, 0.05) is 37.2 Å². The Morgan fingerprint density at radius 1 is 1.09 bits per heavy atom. The molecule has 1 aromatic carbocycles. The molecule has 1 fully saturated rings. The highest BCUT2D eigenvalue weighted by Crippen LogP contribution is 2.27. The topological polar surface area (TPSA) is 46.1 Å². The zero-order valence-corrected chi connectivity index (χ0v) is 12.8. The van der Waals surface area contributed by atoms with Crippen molar-refractivity contribution in [1.82, 2.24) is 9.97 Å². The molecular formula is C17H18FN3O. The SMILES string of the molecule is Cc1nc(-c2ccccc2F)nc(N2CCC(=O)CC2)c1C. The summed E-state index contributed by atoms with van der Waals surface area (Å²) in [7, 11) is 0. The minimum Gasteiger partial charge on any atom is -0.355 e. The van der Waals surface area contributed by atoms with Crippen LogP contribution in [0.2, 0.25) is 0 Å². The second-order valence-corrected chi connectivity index (χ2v) is 5.59. The van der Waals surface area contributed by atoms with Gasteiger partial charge in [0.2, 0.25) is 0 Å². The molecule has 0 spiro atoms. The highest BCUT2D eigenvalue weighted by atomic mass is 19.1. The highest BCUT2D eigenvalue weighted by Gasteiger charge is 2.21. The number of benzene rings is 1. The Morgan fingerprint density at radius 3 is 2.45 bits per heavy atom. The number of ketones is 1. The van der Waals surface area contributed by atoms with Crippen molar-refractivity contribution in [3.63, 3.8) is 0 Å². The number of nitrogens with zero attached hydrogens (tertiary/aromatic N) is 3. The summed E-state index contributed by atoms with van der Waals surface area (Å²) in [6, 6.07) is 6.52. The van der Waals surface area contributed by atoms with Crippen LogP contribution in [0.25, 0.3) is 11.4 Å². The fraction of sp³-hybridized carbons (Fsp3) is 0.353. The number of carbonyl (C=O) groups is 1. The van der Waals surface area contributed by atoms with Gasteiger partial charge in [0.25, 0.3) is 0 Å². The van der Waals surface area contributed by atoms with Gasteiger partial charge in [-0.25, -0.2) is 14.4 Å². The molecule has 1 aromatic heterocycles. The van der Waals surface area contributed by atoms with Crippen LogP contribution in [0, 0.1) is 19.7 Å². The van der Waals surface area contributed by atoms with Crippen molar-refractivity contribution in [3.05, 3.63) is 41.3 Å². The predicted molar refractivity (Wildman–Crippen MR) is 83.4 cm³/mol. The van der Waals surface area contributed by atoms with Gasteiger partial charge in [0.1, 0.15) is 17.4 Å². The van der Waals surface area contributed by atoms with Gasteiger partial charge in [-0.2, -0.15) is 0 Å². The molecule has 2 heterocycles. The molecular weight excluding hydrogens is 281 g/mol. The summed E-state index contributed by atoms with van der Waals surface area (Å²) in [5, 5.41) is 0. The van der Waals surface area contributed by atoms with Gasteiger partial charge in [-0.15, -0.1) is 0 Å². The van der Waals surface area contributed by atoms with Crippen molar-refractivity contribution in [3.8, 4) is 11.4 Å². The molecule has 0 bridgehead atoms. The molecule has 0 amide bonds. The Bertz CT molecular complexity index is 720. The van der Waals surface area contributed by atoms with Gasteiger partial charge < -0.3 is 4.90 Å². The van der Waals surface area contributed by atoms with Gasteiger partial charge >= 0.3 is 0 Å². The minimum atomic E-state index is -0.328. The molecule has 0 aliphatic carbocycles. The quantitative estimate of drug-likeness (QED) is 0.855. The van der Waals surface area contributed by atoms with E-state index in [2.05, 4.69) is 14.9 Å². The molecule has 4 nitrogen and oxygen atoms in total. The molecule has 0 atom stereocenters. The monoisotopic (exact) mass is 299 g/mol. The van der Waals surface area contributed by atoms with E-state index in [1.54, 1.807) is 18.2 Å². The summed E-state index contributed by atoms with van der Waals surface area (Å²) in [4.78, 5) is 22.5. The third-order valence-electron chi connectivity index (χ3n) is 4.10. The van der Waals surface area contributed by atoms with Crippen LogP contribution in [0.3, 0.4) is 0 Å². The van der Waals surface area contributed by atoms with Crippen molar-refractivity contribution >= 4 is 11.6 Å². The molecule has 22 heavy (non-hydrogen) atoms. The molecule has 5 heteroatoms. The van der Waals surface area contributed by atoms with E-state index in [0.717, 1.165) is 17.1 Å². The zero-order valence-electron chi connectivity index (χ0n) is 12.8. The lowest BCUT2D eigenvalue weighted by Crippen LogP contribution is -2.35. The van der Waals surface area contributed by atoms with E-state index in [0.29, 0.717) is 37.3 Å². The van der Waals surface area contributed by atoms with Gasteiger partial charge in [-0.05, 0) is 26.0 Å². The number of hydrogen-bond donors (Lipinski definition) is 0. The maximum absolute atomic E-state index is 14.0. The average Bonchev–Trinajstić information content (AvgIpc) is 2.51. The number of carbonyl (C=O) groups excluding carboxylic acids is 1. The Balaban J connectivity index is 2.04. The number of Topliss-reactive ketones (excluding diaryl/α,β-unsaturated/α-hetero) is 1. The first-order valence-corrected chi connectivity index (χ1v) is 7.43. The van der Waals surface area contributed by atoms with Crippen LogP contribution < -0.4 is 4.90 Å². The predicted octanol–water partition coefficient (Wildman–Crippen LogP) is 3.07. The standard InChI is InChI=1S/C17H18FN3O/c1-11-12(2)19-16(14-5-3-4-6-15(14)18)20-17(11)21-9-7-13(22)8-10-21/h3-6H,7-10H2,1-2H3. The molecule has 3 rings (SSSR count). The van der Waals surface area contributed by atoms with E-state index in [1.165, 1.54) is 6.07 Å². The van der Waals surface area contributed by atoms with E-state index in [-0.39, 0.29) is 11.6 Å². The summed E-state index contributed by atoms with van der Waals surface area (Å²) in [6.07, 6.45) is 1.08. The molecule has 0 unspecified atom stereocenters. The second kappa shape index (κ2) is 5.83. The molecule has 0 saturated carbocycles. The highest BCUT2D eigenvalue weighted by molar-refractivity contribution is 5.81. The lowest BCUT2D eigenvalue weighted by atomic mass is 10.1. The fourth-order valence-electron chi connectivity index (χ4n) is 2.65. The van der Waals surface area contributed by atoms with Crippen LogP contribution in [-0.2, 0) is 4.79 Å². The summed E-state index contributed by atoms with van der Waals surface area (Å²) in [6.45, 7) is 5.19. The van der Waals surface area contributed by atoms with E-state index >= 15 is 0 Å². The molecule has 2 aromatic rings. The normalized spacial score (nSPS) is 15.2. The molecule has 1 aliphatic rings. The number of halogens is 1. The van der Waals surface area contributed by atoms with Gasteiger partial charge in [0.05, 0.1) is 5.56 Å². The Hall–Kier alpha value is -2.30. The van der Waals surface area contributed by atoms with Crippen LogP contribution in [0.1, 0.15) is 24.1 Å². The summed E-state index contributed by atoms with van der Waals surface area (Å²) in [5.41, 5.74) is 2.22. The third kappa shape index (κ3) is 2.71. The second-order valence-electron chi connectivity index (χ2n) is 5.59. The van der Waals surface area contributed by atoms with E-state index in [9.17, 15) is 9.18 Å². The third-order valence-corrected chi connectivity index (χ3v) is 4.10. The van der Waals surface area contributed by atoms with Crippen LogP contribution in [0.15, 0.2) is 24.3 Å². The maximum Gasteiger partial charge on any atom is 0.164 e. The Kier molecular flexibility index (Phi) is 3.88. The summed E-state index contributed by atoms with van der Waals surface area (Å²) in [5.74, 6) is 1.16. The van der Waals surface area contributed by atoms with Crippen LogP contribution >= 0.6 is 0 Å². The number of aryl methyl sites for hydroxylation is 1. The Labute approximate surface area is 129 Å². The molecule has 0 radical (unpaired) electrons.